The number of fused-ring (bicyclic) bond motifs is 1. The standard InChI is InChI=1S/C21H31N5O5S/c1-14-9-22-15(2)12-31-18-8-16(24-32(28,29)20-11-25(3)13-23-20)6-7-17(18)21(27)26(4)10-19(14)30-5/h6-8,11,13-15,19,22,24H,9-10,12H2,1-5H3/t14-,15+,19+/m1/s1. The van der Waals surface area contributed by atoms with E-state index in [1.54, 1.807) is 42.8 Å². The molecule has 3 atom stereocenters. The molecule has 0 saturated carbocycles. The number of carbonyl (C=O) groups excluding carboxylic acids is 1. The Bertz CT molecular complexity index is 1050. The molecule has 3 rings (SSSR count). The molecular weight excluding hydrogens is 434 g/mol. The van der Waals surface area contributed by atoms with Crippen LogP contribution in [0.5, 0.6) is 5.75 Å². The third kappa shape index (κ3) is 5.59. The number of methoxy groups -OCH3 is 1. The van der Waals surface area contributed by atoms with E-state index in [4.69, 9.17) is 9.47 Å². The van der Waals surface area contributed by atoms with E-state index in [0.717, 1.165) is 0 Å². The van der Waals surface area contributed by atoms with Gasteiger partial charge in [0.05, 0.1) is 23.7 Å². The second-order valence-corrected chi connectivity index (χ2v) is 9.88. The van der Waals surface area contributed by atoms with E-state index in [1.165, 1.54) is 18.6 Å². The zero-order valence-electron chi connectivity index (χ0n) is 19.0. The maximum absolute atomic E-state index is 13.1. The first-order valence-corrected chi connectivity index (χ1v) is 11.9. The van der Waals surface area contributed by atoms with E-state index in [-0.39, 0.29) is 34.7 Å². The lowest BCUT2D eigenvalue weighted by Crippen LogP contribution is -2.44. The topological polar surface area (TPSA) is 115 Å². The van der Waals surface area contributed by atoms with Gasteiger partial charge in [0.25, 0.3) is 15.9 Å². The Hall–Kier alpha value is -2.63. The number of ether oxygens (including phenoxy) is 2. The molecule has 2 heterocycles. The van der Waals surface area contributed by atoms with Gasteiger partial charge >= 0.3 is 0 Å². The molecule has 10 nitrogen and oxygen atoms in total. The van der Waals surface area contributed by atoms with Gasteiger partial charge in [-0.05, 0) is 25.0 Å². The van der Waals surface area contributed by atoms with Gasteiger partial charge in [-0.3, -0.25) is 9.52 Å². The molecule has 0 bridgehead atoms. The molecule has 1 amide bonds. The molecule has 1 aliphatic heterocycles. The molecule has 2 aromatic rings. The van der Waals surface area contributed by atoms with Gasteiger partial charge in [-0.15, -0.1) is 0 Å². The van der Waals surface area contributed by atoms with Crippen molar-refractivity contribution in [3.05, 3.63) is 36.3 Å². The summed E-state index contributed by atoms with van der Waals surface area (Å²) in [5, 5.41) is 3.32. The number of carbonyl (C=O) groups is 1. The second-order valence-electron chi connectivity index (χ2n) is 8.25. The van der Waals surface area contributed by atoms with Crippen LogP contribution in [0.2, 0.25) is 0 Å². The van der Waals surface area contributed by atoms with Crippen molar-refractivity contribution in [2.45, 2.75) is 31.0 Å². The van der Waals surface area contributed by atoms with Crippen LogP contribution in [0, 0.1) is 5.92 Å². The lowest BCUT2D eigenvalue weighted by molar-refractivity contribution is 0.0281. The number of anilines is 1. The number of hydrogen-bond acceptors (Lipinski definition) is 7. The van der Waals surface area contributed by atoms with Crippen molar-refractivity contribution in [3.8, 4) is 5.75 Å². The summed E-state index contributed by atoms with van der Waals surface area (Å²) in [6, 6.07) is 4.65. The fourth-order valence-corrected chi connectivity index (χ4v) is 4.49. The molecule has 0 unspecified atom stereocenters. The van der Waals surface area contributed by atoms with E-state index >= 15 is 0 Å². The summed E-state index contributed by atoms with van der Waals surface area (Å²) in [7, 11) is 1.17. The fourth-order valence-electron chi connectivity index (χ4n) is 3.45. The third-order valence-electron chi connectivity index (χ3n) is 5.44. The summed E-state index contributed by atoms with van der Waals surface area (Å²) >= 11 is 0. The quantitative estimate of drug-likeness (QED) is 0.700. The molecule has 0 fully saturated rings. The molecule has 2 N–H and O–H groups in total. The van der Waals surface area contributed by atoms with Crippen molar-refractivity contribution in [2.24, 2.45) is 13.0 Å². The van der Waals surface area contributed by atoms with Crippen LogP contribution in [0.25, 0.3) is 0 Å². The Morgan fingerprint density at radius 2 is 2.03 bits per heavy atom. The molecule has 176 valence electrons. The highest BCUT2D eigenvalue weighted by atomic mass is 32.2. The minimum Gasteiger partial charge on any atom is -0.491 e. The Kier molecular flexibility index (Phi) is 7.42. The average Bonchev–Trinajstić information content (AvgIpc) is 3.20. The van der Waals surface area contributed by atoms with Crippen LogP contribution >= 0.6 is 0 Å². The number of imidazole rings is 1. The van der Waals surface area contributed by atoms with Crippen molar-refractivity contribution in [1.29, 1.82) is 0 Å². The Morgan fingerprint density at radius 3 is 2.69 bits per heavy atom. The summed E-state index contributed by atoms with van der Waals surface area (Å²) in [6.45, 7) is 5.50. The Labute approximate surface area is 189 Å². The molecule has 32 heavy (non-hydrogen) atoms. The smallest absolute Gasteiger partial charge is 0.280 e. The number of likely N-dealkylation sites (N-methyl/N-ethyl adjacent to an activating group) is 1. The average molecular weight is 466 g/mol. The zero-order valence-corrected chi connectivity index (χ0v) is 19.8. The summed E-state index contributed by atoms with van der Waals surface area (Å²) < 4.78 is 40.9. The predicted molar refractivity (Wildman–Crippen MR) is 120 cm³/mol. The van der Waals surface area contributed by atoms with Gasteiger partial charge in [0.1, 0.15) is 12.4 Å². The maximum atomic E-state index is 13.1. The lowest BCUT2D eigenvalue weighted by Gasteiger charge is -2.30. The minimum atomic E-state index is -3.87. The number of amides is 1. The number of nitrogens with zero attached hydrogens (tertiary/aromatic N) is 3. The number of aryl methyl sites for hydroxylation is 1. The fraction of sp³-hybridized carbons (Fsp3) is 0.524. The van der Waals surface area contributed by atoms with Gasteiger partial charge in [0.2, 0.25) is 0 Å². The number of rotatable bonds is 4. The van der Waals surface area contributed by atoms with Gasteiger partial charge in [-0.1, -0.05) is 6.92 Å². The van der Waals surface area contributed by atoms with Gasteiger partial charge in [-0.25, -0.2) is 4.98 Å². The van der Waals surface area contributed by atoms with Gasteiger partial charge < -0.3 is 24.3 Å². The normalized spacial score (nSPS) is 23.0. The van der Waals surface area contributed by atoms with Gasteiger partial charge in [0, 0.05) is 52.6 Å². The summed E-state index contributed by atoms with van der Waals surface area (Å²) in [5.74, 6) is 0.272. The van der Waals surface area contributed by atoms with E-state index in [2.05, 4.69) is 21.9 Å². The molecule has 0 aliphatic carbocycles. The second kappa shape index (κ2) is 9.88. The van der Waals surface area contributed by atoms with Crippen LogP contribution in [0.3, 0.4) is 0 Å². The van der Waals surface area contributed by atoms with Crippen LogP contribution in [-0.4, -0.2) is 74.8 Å². The van der Waals surface area contributed by atoms with Crippen LogP contribution < -0.4 is 14.8 Å². The number of aromatic nitrogens is 2. The molecule has 0 spiro atoms. The predicted octanol–water partition coefficient (Wildman–Crippen LogP) is 1.31. The number of sulfonamides is 1. The highest BCUT2D eigenvalue weighted by Gasteiger charge is 2.26. The molecular formula is C21H31N5O5S. The molecule has 11 heteroatoms. The van der Waals surface area contributed by atoms with Crippen molar-refractivity contribution in [3.63, 3.8) is 0 Å². The maximum Gasteiger partial charge on any atom is 0.280 e. The number of nitrogens with one attached hydrogen (secondary N) is 2. The van der Waals surface area contributed by atoms with Crippen molar-refractivity contribution in [1.82, 2.24) is 19.8 Å². The highest BCUT2D eigenvalue weighted by molar-refractivity contribution is 7.92. The first-order chi connectivity index (χ1) is 15.1. The van der Waals surface area contributed by atoms with E-state index in [0.29, 0.717) is 31.0 Å². The highest BCUT2D eigenvalue weighted by Crippen LogP contribution is 2.27. The number of hydrogen-bond donors (Lipinski definition) is 2. The van der Waals surface area contributed by atoms with Crippen LogP contribution in [0.4, 0.5) is 5.69 Å². The number of benzene rings is 1. The van der Waals surface area contributed by atoms with Crippen LogP contribution in [0.1, 0.15) is 24.2 Å². The lowest BCUT2D eigenvalue weighted by atomic mass is 10.0. The van der Waals surface area contributed by atoms with Crippen molar-refractivity contribution < 1.29 is 22.7 Å². The van der Waals surface area contributed by atoms with E-state index in [9.17, 15) is 13.2 Å². The third-order valence-corrected chi connectivity index (χ3v) is 6.70. The van der Waals surface area contributed by atoms with Crippen LogP contribution in [-0.2, 0) is 21.8 Å². The SMILES string of the molecule is CO[C@H]1CN(C)C(=O)c2ccc(NS(=O)(=O)c3cn(C)cn3)cc2OC[C@H](C)NC[C@H]1C. The molecule has 1 aliphatic rings. The summed E-state index contributed by atoms with van der Waals surface area (Å²) in [4.78, 5) is 18.6. The van der Waals surface area contributed by atoms with E-state index in [1.807, 2.05) is 6.92 Å². The summed E-state index contributed by atoms with van der Waals surface area (Å²) in [5.41, 5.74) is 0.629. The molecule has 0 saturated heterocycles. The van der Waals surface area contributed by atoms with Crippen molar-refractivity contribution in [2.75, 3.05) is 38.6 Å². The molecule has 0 radical (unpaired) electrons. The van der Waals surface area contributed by atoms with Gasteiger partial charge in [0.15, 0.2) is 5.03 Å². The Balaban J connectivity index is 1.91. The van der Waals surface area contributed by atoms with E-state index < -0.39 is 10.0 Å². The minimum absolute atomic E-state index is 0.0175. The molecule has 1 aromatic heterocycles. The zero-order chi connectivity index (χ0) is 23.5. The largest absolute Gasteiger partial charge is 0.491 e. The summed E-state index contributed by atoms with van der Waals surface area (Å²) in [6.07, 6.45) is 2.69. The van der Waals surface area contributed by atoms with Crippen molar-refractivity contribution >= 4 is 21.6 Å². The molecule has 1 aromatic carbocycles. The van der Waals surface area contributed by atoms with Crippen LogP contribution in [0.15, 0.2) is 35.7 Å². The van der Waals surface area contributed by atoms with Gasteiger partial charge in [-0.2, -0.15) is 8.42 Å². The first-order valence-electron chi connectivity index (χ1n) is 10.4. The first kappa shape index (κ1) is 24.0. The Morgan fingerprint density at radius 1 is 1.28 bits per heavy atom. The monoisotopic (exact) mass is 465 g/mol.